The number of likely N-dealkylation sites (tertiary alicyclic amines) is 1. The van der Waals surface area contributed by atoms with E-state index in [0.29, 0.717) is 29.9 Å². The average molecular weight is 366 g/mol. The van der Waals surface area contributed by atoms with Crippen molar-refractivity contribution in [3.05, 3.63) is 52.7 Å². The van der Waals surface area contributed by atoms with Gasteiger partial charge in [0.25, 0.3) is 5.56 Å². The Kier molecular flexibility index (Phi) is 3.98. The van der Waals surface area contributed by atoms with Crippen LogP contribution >= 0.6 is 0 Å². The van der Waals surface area contributed by atoms with E-state index in [4.69, 9.17) is 0 Å². The van der Waals surface area contributed by atoms with E-state index in [1.54, 1.807) is 9.58 Å². The summed E-state index contributed by atoms with van der Waals surface area (Å²) in [4.78, 5) is 33.9. The number of aromatic amines is 1. The first-order valence-corrected chi connectivity index (χ1v) is 8.92. The Bertz CT molecular complexity index is 1040. The second-order valence-corrected chi connectivity index (χ2v) is 7.86. The Morgan fingerprint density at radius 1 is 1.22 bits per heavy atom. The molecule has 8 heteroatoms. The van der Waals surface area contributed by atoms with Crippen LogP contribution in [0, 0.1) is 0 Å². The van der Waals surface area contributed by atoms with Crippen LogP contribution in [0.4, 0.5) is 4.79 Å². The highest BCUT2D eigenvalue weighted by atomic mass is 16.2. The molecule has 3 aromatic rings. The van der Waals surface area contributed by atoms with E-state index in [-0.39, 0.29) is 23.0 Å². The van der Waals surface area contributed by atoms with Crippen LogP contribution in [-0.4, -0.2) is 49.3 Å². The third-order valence-electron chi connectivity index (χ3n) is 4.49. The molecule has 1 aliphatic heterocycles. The van der Waals surface area contributed by atoms with Gasteiger partial charge in [-0.1, -0.05) is 18.2 Å². The Morgan fingerprint density at radius 2 is 1.93 bits per heavy atom. The summed E-state index contributed by atoms with van der Waals surface area (Å²) in [5.41, 5.74) is 0.874. The van der Waals surface area contributed by atoms with E-state index >= 15 is 0 Å². The SMILES string of the molecule is CC(C)(C)NC(=O)N1CC(c2nc3c(cnn3-c3ccccc3)c(=O)[nH]2)C1. The third kappa shape index (κ3) is 3.30. The molecule has 4 rings (SSSR count). The smallest absolute Gasteiger partial charge is 0.317 e. The molecule has 2 amide bonds. The van der Waals surface area contributed by atoms with Crippen LogP contribution < -0.4 is 10.9 Å². The minimum absolute atomic E-state index is 0.00643. The monoisotopic (exact) mass is 366 g/mol. The van der Waals surface area contributed by atoms with Gasteiger partial charge in [0, 0.05) is 18.6 Å². The lowest BCUT2D eigenvalue weighted by Gasteiger charge is -2.40. The molecule has 1 aromatic carbocycles. The minimum atomic E-state index is -0.282. The van der Waals surface area contributed by atoms with Gasteiger partial charge in [-0.05, 0) is 32.9 Å². The standard InChI is InChI=1S/C19H22N6O2/c1-19(2,3)23-18(27)24-10-12(11-24)15-21-16-14(17(26)22-15)9-20-25(16)13-7-5-4-6-8-13/h4-9,12H,10-11H2,1-3H3,(H,23,27)(H,21,22,26). The fourth-order valence-corrected chi connectivity index (χ4v) is 3.10. The number of nitrogens with zero attached hydrogens (tertiary/aromatic N) is 4. The molecule has 2 N–H and O–H groups in total. The van der Waals surface area contributed by atoms with Crippen molar-refractivity contribution < 1.29 is 4.79 Å². The van der Waals surface area contributed by atoms with Gasteiger partial charge < -0.3 is 15.2 Å². The fourth-order valence-electron chi connectivity index (χ4n) is 3.10. The average Bonchev–Trinajstić information content (AvgIpc) is 2.97. The molecule has 0 bridgehead atoms. The summed E-state index contributed by atoms with van der Waals surface area (Å²) in [5, 5.41) is 7.70. The van der Waals surface area contributed by atoms with Crippen LogP contribution in [0.25, 0.3) is 16.7 Å². The molecule has 140 valence electrons. The van der Waals surface area contributed by atoms with Crippen LogP contribution in [-0.2, 0) is 0 Å². The van der Waals surface area contributed by atoms with Gasteiger partial charge in [-0.3, -0.25) is 4.79 Å². The molecule has 0 aliphatic carbocycles. The highest BCUT2D eigenvalue weighted by Gasteiger charge is 2.35. The Balaban J connectivity index is 1.59. The number of fused-ring (bicyclic) bond motifs is 1. The van der Waals surface area contributed by atoms with Gasteiger partial charge in [-0.25, -0.2) is 14.5 Å². The summed E-state index contributed by atoms with van der Waals surface area (Å²) in [7, 11) is 0. The molecular formula is C19H22N6O2. The second-order valence-electron chi connectivity index (χ2n) is 7.86. The third-order valence-corrected chi connectivity index (χ3v) is 4.49. The predicted molar refractivity (Wildman–Crippen MR) is 102 cm³/mol. The number of benzene rings is 1. The summed E-state index contributed by atoms with van der Waals surface area (Å²) in [6, 6.07) is 9.47. The molecule has 27 heavy (non-hydrogen) atoms. The number of hydrogen-bond donors (Lipinski definition) is 2. The summed E-state index contributed by atoms with van der Waals surface area (Å²) in [5.74, 6) is 0.594. The van der Waals surface area contributed by atoms with E-state index in [0.717, 1.165) is 5.69 Å². The van der Waals surface area contributed by atoms with E-state index in [1.807, 2.05) is 51.1 Å². The van der Waals surface area contributed by atoms with E-state index in [2.05, 4.69) is 20.4 Å². The maximum absolute atomic E-state index is 12.4. The topological polar surface area (TPSA) is 95.9 Å². The fraction of sp³-hybridized carbons (Fsp3) is 0.368. The van der Waals surface area contributed by atoms with Gasteiger partial charge in [0.1, 0.15) is 11.2 Å². The lowest BCUT2D eigenvalue weighted by Crippen LogP contribution is -2.56. The Hall–Kier alpha value is -3.16. The molecular weight excluding hydrogens is 344 g/mol. The molecule has 1 saturated heterocycles. The van der Waals surface area contributed by atoms with Gasteiger partial charge in [-0.2, -0.15) is 5.10 Å². The predicted octanol–water partition coefficient (Wildman–Crippen LogP) is 2.02. The number of carbonyl (C=O) groups excluding carboxylic acids is 1. The minimum Gasteiger partial charge on any atom is -0.333 e. The number of hydrogen-bond acceptors (Lipinski definition) is 4. The Morgan fingerprint density at radius 3 is 2.59 bits per heavy atom. The molecule has 1 fully saturated rings. The van der Waals surface area contributed by atoms with Gasteiger partial charge in [0.2, 0.25) is 0 Å². The lowest BCUT2D eigenvalue weighted by molar-refractivity contribution is 0.141. The summed E-state index contributed by atoms with van der Waals surface area (Å²) in [6.45, 7) is 6.88. The van der Waals surface area contributed by atoms with E-state index in [1.165, 1.54) is 6.20 Å². The maximum atomic E-state index is 12.4. The number of rotatable bonds is 2. The van der Waals surface area contributed by atoms with E-state index < -0.39 is 0 Å². The molecule has 0 unspecified atom stereocenters. The number of H-pyrrole nitrogens is 1. The van der Waals surface area contributed by atoms with Crippen LogP contribution in [0.3, 0.4) is 0 Å². The van der Waals surface area contributed by atoms with Gasteiger partial charge in [0.15, 0.2) is 5.65 Å². The number of para-hydroxylation sites is 1. The number of nitrogens with one attached hydrogen (secondary N) is 2. The molecule has 2 aromatic heterocycles. The van der Waals surface area contributed by atoms with Crippen LogP contribution in [0.15, 0.2) is 41.3 Å². The number of amides is 2. The van der Waals surface area contributed by atoms with Crippen molar-refractivity contribution in [1.29, 1.82) is 0 Å². The molecule has 8 nitrogen and oxygen atoms in total. The molecule has 0 saturated carbocycles. The highest BCUT2D eigenvalue weighted by molar-refractivity contribution is 5.77. The van der Waals surface area contributed by atoms with Crippen LogP contribution in [0.2, 0.25) is 0 Å². The summed E-state index contributed by atoms with van der Waals surface area (Å²) >= 11 is 0. The normalized spacial score (nSPS) is 15.0. The van der Waals surface area contributed by atoms with E-state index in [9.17, 15) is 9.59 Å². The second kappa shape index (κ2) is 6.22. The first kappa shape index (κ1) is 17.3. The van der Waals surface area contributed by atoms with Crippen molar-refractivity contribution in [2.24, 2.45) is 0 Å². The van der Waals surface area contributed by atoms with Crippen molar-refractivity contribution in [1.82, 2.24) is 30.0 Å². The zero-order valence-corrected chi connectivity index (χ0v) is 15.6. The van der Waals surface area contributed by atoms with Crippen molar-refractivity contribution in [2.45, 2.75) is 32.2 Å². The lowest BCUT2D eigenvalue weighted by atomic mass is 9.99. The molecule has 3 heterocycles. The van der Waals surface area contributed by atoms with Crippen molar-refractivity contribution >= 4 is 17.1 Å². The van der Waals surface area contributed by atoms with Gasteiger partial charge in [0.05, 0.1) is 17.8 Å². The van der Waals surface area contributed by atoms with Crippen LogP contribution in [0.1, 0.15) is 32.5 Å². The van der Waals surface area contributed by atoms with Gasteiger partial charge >= 0.3 is 6.03 Å². The van der Waals surface area contributed by atoms with Crippen molar-refractivity contribution in [3.63, 3.8) is 0 Å². The summed E-state index contributed by atoms with van der Waals surface area (Å²) < 4.78 is 1.66. The first-order chi connectivity index (χ1) is 12.8. The zero-order valence-electron chi connectivity index (χ0n) is 15.6. The molecule has 0 atom stereocenters. The maximum Gasteiger partial charge on any atom is 0.317 e. The van der Waals surface area contributed by atoms with Crippen LogP contribution in [0.5, 0.6) is 0 Å². The number of carbonyl (C=O) groups is 1. The quantitative estimate of drug-likeness (QED) is 0.725. The summed E-state index contributed by atoms with van der Waals surface area (Å²) in [6.07, 6.45) is 1.53. The molecule has 0 radical (unpaired) electrons. The van der Waals surface area contributed by atoms with Crippen molar-refractivity contribution in [2.75, 3.05) is 13.1 Å². The van der Waals surface area contributed by atoms with Gasteiger partial charge in [-0.15, -0.1) is 0 Å². The molecule has 0 spiro atoms. The Labute approximate surface area is 156 Å². The largest absolute Gasteiger partial charge is 0.333 e. The molecule has 1 aliphatic rings. The zero-order chi connectivity index (χ0) is 19.2. The number of urea groups is 1. The first-order valence-electron chi connectivity index (χ1n) is 8.92. The number of aromatic nitrogens is 4. The highest BCUT2D eigenvalue weighted by Crippen LogP contribution is 2.25. The van der Waals surface area contributed by atoms with Crippen molar-refractivity contribution in [3.8, 4) is 5.69 Å².